The summed E-state index contributed by atoms with van der Waals surface area (Å²) in [5.41, 5.74) is 0. The molecule has 1 aromatic heterocycles. The van der Waals surface area contributed by atoms with Crippen LogP contribution in [0.15, 0.2) is 12.4 Å². The molecule has 1 aliphatic rings. The topological polar surface area (TPSA) is 76.1 Å². The second-order valence-corrected chi connectivity index (χ2v) is 4.06. The van der Waals surface area contributed by atoms with Gasteiger partial charge >= 0.3 is 0 Å². The van der Waals surface area contributed by atoms with E-state index in [1.165, 1.54) is 12.4 Å². The largest absolute Gasteiger partial charge is 0.375 e. The lowest BCUT2D eigenvalue weighted by Crippen LogP contribution is -2.40. The van der Waals surface area contributed by atoms with Crippen LogP contribution in [0.25, 0.3) is 0 Å². The van der Waals surface area contributed by atoms with Crippen LogP contribution in [0.2, 0.25) is 5.15 Å². The number of ether oxygens (including phenoxy) is 1. The molecule has 0 aromatic carbocycles. The number of hydrogen-bond donors (Lipinski definition) is 2. The van der Waals surface area contributed by atoms with Crippen LogP contribution in [0, 0.1) is 0 Å². The van der Waals surface area contributed by atoms with Gasteiger partial charge in [0, 0.05) is 19.2 Å². The molecule has 1 amide bonds. The van der Waals surface area contributed by atoms with Crippen molar-refractivity contribution in [1.29, 1.82) is 0 Å². The normalized spacial score (nSPS) is 19.9. The monoisotopic (exact) mass is 256 g/mol. The zero-order valence-corrected chi connectivity index (χ0v) is 9.91. The standard InChI is InChI=1S/C10H13ClN4O2/c11-8-4-9(14-6-13-8)15-10(16)3-7-5-12-1-2-17-7/h4,6-7,12H,1-3,5H2,(H,13,14,15,16). The van der Waals surface area contributed by atoms with Crippen molar-refractivity contribution in [3.63, 3.8) is 0 Å². The summed E-state index contributed by atoms with van der Waals surface area (Å²) in [5.74, 6) is 0.257. The van der Waals surface area contributed by atoms with Crippen LogP contribution in [0.3, 0.4) is 0 Å². The van der Waals surface area contributed by atoms with E-state index in [1.807, 2.05) is 0 Å². The van der Waals surface area contributed by atoms with Gasteiger partial charge in [0.15, 0.2) is 0 Å². The molecule has 0 spiro atoms. The van der Waals surface area contributed by atoms with Crippen molar-refractivity contribution < 1.29 is 9.53 Å². The molecular weight excluding hydrogens is 244 g/mol. The number of carbonyl (C=O) groups excluding carboxylic acids is 1. The number of morpholine rings is 1. The van der Waals surface area contributed by atoms with Crippen molar-refractivity contribution in [2.75, 3.05) is 25.0 Å². The highest BCUT2D eigenvalue weighted by Gasteiger charge is 2.17. The van der Waals surface area contributed by atoms with Crippen LogP contribution >= 0.6 is 11.6 Å². The average molecular weight is 257 g/mol. The van der Waals surface area contributed by atoms with E-state index in [9.17, 15) is 4.79 Å². The Morgan fingerprint density at radius 3 is 3.24 bits per heavy atom. The first-order valence-corrected chi connectivity index (χ1v) is 5.71. The molecule has 0 radical (unpaired) electrons. The zero-order valence-electron chi connectivity index (χ0n) is 9.15. The third kappa shape index (κ3) is 3.92. The molecule has 2 N–H and O–H groups in total. The van der Waals surface area contributed by atoms with Crippen molar-refractivity contribution in [1.82, 2.24) is 15.3 Å². The summed E-state index contributed by atoms with van der Waals surface area (Å²) in [4.78, 5) is 19.3. The molecule has 1 aromatic rings. The molecule has 0 aliphatic carbocycles. The minimum atomic E-state index is -0.145. The Kier molecular flexibility index (Phi) is 4.24. The summed E-state index contributed by atoms with van der Waals surface area (Å²) in [6.07, 6.45) is 1.52. The van der Waals surface area contributed by atoms with Crippen LogP contribution < -0.4 is 10.6 Å². The van der Waals surface area contributed by atoms with Crippen LogP contribution in [-0.4, -0.2) is 41.7 Å². The second-order valence-electron chi connectivity index (χ2n) is 3.68. The van der Waals surface area contributed by atoms with Gasteiger partial charge in [0.05, 0.1) is 19.1 Å². The lowest BCUT2D eigenvalue weighted by molar-refractivity contribution is -0.119. The molecule has 1 atom stereocenters. The van der Waals surface area contributed by atoms with E-state index in [2.05, 4.69) is 20.6 Å². The fourth-order valence-electron chi connectivity index (χ4n) is 1.55. The van der Waals surface area contributed by atoms with Crippen molar-refractivity contribution in [3.05, 3.63) is 17.5 Å². The predicted molar refractivity (Wildman–Crippen MR) is 62.9 cm³/mol. The van der Waals surface area contributed by atoms with Gasteiger partial charge in [0.1, 0.15) is 17.3 Å². The molecule has 0 saturated carbocycles. The Labute approximate surface area is 104 Å². The highest BCUT2D eigenvalue weighted by molar-refractivity contribution is 6.29. The van der Waals surface area contributed by atoms with Crippen molar-refractivity contribution in [2.24, 2.45) is 0 Å². The van der Waals surface area contributed by atoms with Gasteiger partial charge in [-0.2, -0.15) is 0 Å². The number of amides is 1. The van der Waals surface area contributed by atoms with Crippen molar-refractivity contribution in [3.8, 4) is 0 Å². The molecule has 1 saturated heterocycles. The Balaban J connectivity index is 1.84. The van der Waals surface area contributed by atoms with Gasteiger partial charge in [-0.25, -0.2) is 9.97 Å². The van der Waals surface area contributed by atoms with Gasteiger partial charge in [0.2, 0.25) is 5.91 Å². The van der Waals surface area contributed by atoms with Crippen LogP contribution in [0.1, 0.15) is 6.42 Å². The quantitative estimate of drug-likeness (QED) is 0.768. The number of nitrogens with zero attached hydrogens (tertiary/aromatic N) is 2. The molecule has 1 fully saturated rings. The first-order chi connectivity index (χ1) is 8.24. The van der Waals surface area contributed by atoms with E-state index in [1.54, 1.807) is 0 Å². The summed E-state index contributed by atoms with van der Waals surface area (Å²) in [6.45, 7) is 2.16. The number of anilines is 1. The maximum atomic E-state index is 11.7. The lowest BCUT2D eigenvalue weighted by atomic mass is 10.2. The summed E-state index contributed by atoms with van der Waals surface area (Å²) in [5, 5.41) is 6.11. The van der Waals surface area contributed by atoms with Crippen LogP contribution in [0.4, 0.5) is 5.82 Å². The number of hydrogen-bond acceptors (Lipinski definition) is 5. The molecular formula is C10H13ClN4O2. The van der Waals surface area contributed by atoms with E-state index in [0.29, 0.717) is 30.5 Å². The maximum absolute atomic E-state index is 11.7. The summed E-state index contributed by atoms with van der Waals surface area (Å²) >= 11 is 5.68. The molecule has 2 rings (SSSR count). The van der Waals surface area contributed by atoms with Crippen molar-refractivity contribution >= 4 is 23.3 Å². The molecule has 6 nitrogen and oxygen atoms in total. The second kappa shape index (κ2) is 5.90. The van der Waals surface area contributed by atoms with Gasteiger partial charge in [-0.1, -0.05) is 11.6 Å². The third-order valence-electron chi connectivity index (χ3n) is 2.32. The highest BCUT2D eigenvalue weighted by atomic mass is 35.5. The summed E-state index contributed by atoms with van der Waals surface area (Å²) in [6, 6.07) is 1.50. The van der Waals surface area contributed by atoms with Gasteiger partial charge in [-0.05, 0) is 0 Å². The summed E-state index contributed by atoms with van der Waals surface area (Å²) in [7, 11) is 0. The van der Waals surface area contributed by atoms with Crippen LogP contribution in [0.5, 0.6) is 0 Å². The van der Waals surface area contributed by atoms with Gasteiger partial charge < -0.3 is 15.4 Å². The Hall–Kier alpha value is -1.24. The zero-order chi connectivity index (χ0) is 12.1. The maximum Gasteiger partial charge on any atom is 0.228 e. The first-order valence-electron chi connectivity index (χ1n) is 5.34. The van der Waals surface area contributed by atoms with E-state index in [-0.39, 0.29) is 12.0 Å². The molecule has 1 unspecified atom stereocenters. The van der Waals surface area contributed by atoms with E-state index >= 15 is 0 Å². The number of nitrogens with one attached hydrogen (secondary N) is 2. The minimum absolute atomic E-state index is 0.0824. The fraction of sp³-hybridized carbons (Fsp3) is 0.500. The number of halogens is 1. The SMILES string of the molecule is O=C(CC1CNCCO1)Nc1cc(Cl)ncn1. The van der Waals surface area contributed by atoms with E-state index in [0.717, 1.165) is 6.54 Å². The van der Waals surface area contributed by atoms with Gasteiger partial charge in [-0.3, -0.25) is 4.79 Å². The summed E-state index contributed by atoms with van der Waals surface area (Å²) < 4.78 is 5.43. The number of carbonyl (C=O) groups is 1. The molecule has 2 heterocycles. The smallest absolute Gasteiger partial charge is 0.228 e. The molecule has 92 valence electrons. The Morgan fingerprint density at radius 1 is 1.65 bits per heavy atom. The molecule has 1 aliphatic heterocycles. The predicted octanol–water partition coefficient (Wildman–Crippen LogP) is 0.447. The number of aromatic nitrogens is 2. The minimum Gasteiger partial charge on any atom is -0.375 e. The van der Waals surface area contributed by atoms with Crippen LogP contribution in [-0.2, 0) is 9.53 Å². The highest BCUT2D eigenvalue weighted by Crippen LogP contribution is 2.10. The lowest BCUT2D eigenvalue weighted by Gasteiger charge is -2.22. The average Bonchev–Trinajstić information content (AvgIpc) is 2.30. The first kappa shape index (κ1) is 12.2. The molecule has 0 bridgehead atoms. The van der Waals surface area contributed by atoms with E-state index < -0.39 is 0 Å². The Bertz CT molecular complexity index is 396. The molecule has 17 heavy (non-hydrogen) atoms. The molecule has 7 heteroatoms. The van der Waals surface area contributed by atoms with Gasteiger partial charge in [-0.15, -0.1) is 0 Å². The van der Waals surface area contributed by atoms with Crippen molar-refractivity contribution in [2.45, 2.75) is 12.5 Å². The van der Waals surface area contributed by atoms with E-state index in [4.69, 9.17) is 16.3 Å². The van der Waals surface area contributed by atoms with Gasteiger partial charge in [0.25, 0.3) is 0 Å². The Morgan fingerprint density at radius 2 is 2.53 bits per heavy atom. The number of rotatable bonds is 3. The third-order valence-corrected chi connectivity index (χ3v) is 2.53. The fourth-order valence-corrected chi connectivity index (χ4v) is 1.70.